The average molecular weight is 261 g/mol. The number of hydrogen-bond donors (Lipinski definition) is 1. The van der Waals surface area contributed by atoms with Gasteiger partial charge >= 0.3 is 5.97 Å². The number of rotatable bonds is 2. The van der Waals surface area contributed by atoms with Crippen molar-refractivity contribution in [2.24, 2.45) is 17.3 Å². The van der Waals surface area contributed by atoms with Crippen molar-refractivity contribution >= 4 is 11.9 Å². The molecule has 3 aliphatic carbocycles. The van der Waals surface area contributed by atoms with Crippen LogP contribution in [-0.4, -0.2) is 23.5 Å². The van der Waals surface area contributed by atoms with Gasteiger partial charge in [0.15, 0.2) is 0 Å². The lowest BCUT2D eigenvalue weighted by atomic mass is 9.43. The van der Waals surface area contributed by atoms with E-state index < -0.39 is 0 Å². The van der Waals surface area contributed by atoms with Crippen LogP contribution in [0.2, 0.25) is 0 Å². The highest BCUT2D eigenvalue weighted by molar-refractivity contribution is 5.96. The summed E-state index contributed by atoms with van der Waals surface area (Å²) >= 11 is 0. The molecule has 3 saturated carbocycles. The molecule has 4 nitrogen and oxygen atoms in total. The Morgan fingerprint density at radius 1 is 1.47 bits per heavy atom. The van der Waals surface area contributed by atoms with Gasteiger partial charge in [-0.2, -0.15) is 0 Å². The van der Waals surface area contributed by atoms with Crippen molar-refractivity contribution in [3.05, 3.63) is 11.6 Å². The fourth-order valence-corrected chi connectivity index (χ4v) is 4.94. The molecule has 5 rings (SSSR count). The van der Waals surface area contributed by atoms with Crippen LogP contribution in [0.5, 0.6) is 0 Å². The van der Waals surface area contributed by atoms with Crippen LogP contribution in [-0.2, 0) is 14.3 Å². The summed E-state index contributed by atoms with van der Waals surface area (Å²) in [6.45, 7) is 3.91. The van der Waals surface area contributed by atoms with Gasteiger partial charge in [0.1, 0.15) is 5.60 Å². The van der Waals surface area contributed by atoms with Crippen LogP contribution in [0.25, 0.3) is 0 Å². The molecule has 1 N–H and O–H groups in total. The van der Waals surface area contributed by atoms with Crippen molar-refractivity contribution in [2.75, 3.05) is 0 Å². The highest BCUT2D eigenvalue weighted by Crippen LogP contribution is 2.70. The molecule has 2 aliphatic heterocycles. The van der Waals surface area contributed by atoms with Crippen LogP contribution < -0.4 is 5.32 Å². The van der Waals surface area contributed by atoms with E-state index in [0.717, 1.165) is 31.3 Å². The Balaban J connectivity index is 1.65. The summed E-state index contributed by atoms with van der Waals surface area (Å²) < 4.78 is 5.72. The first-order chi connectivity index (χ1) is 8.95. The maximum Gasteiger partial charge on any atom is 0.313 e. The minimum absolute atomic E-state index is 0.00000827. The number of fused-ring (bicyclic) bond motifs is 1. The first kappa shape index (κ1) is 11.5. The molecular formula is C15H19NO3. The Bertz CT molecular complexity index is 523. The molecule has 4 fully saturated rings. The van der Waals surface area contributed by atoms with Crippen molar-refractivity contribution < 1.29 is 14.3 Å². The van der Waals surface area contributed by atoms with E-state index in [1.165, 1.54) is 0 Å². The van der Waals surface area contributed by atoms with Gasteiger partial charge in [0.05, 0.1) is 5.41 Å². The quantitative estimate of drug-likeness (QED) is 0.767. The molecule has 4 bridgehead atoms. The third-order valence-electron chi connectivity index (χ3n) is 5.99. The van der Waals surface area contributed by atoms with E-state index in [4.69, 9.17) is 4.74 Å². The summed E-state index contributed by atoms with van der Waals surface area (Å²) in [6.07, 6.45) is 5.89. The molecule has 0 aromatic carbocycles. The lowest BCUT2D eigenvalue weighted by molar-refractivity contribution is -0.155. The zero-order valence-corrected chi connectivity index (χ0v) is 11.4. The lowest BCUT2D eigenvalue weighted by Gasteiger charge is -2.57. The number of ether oxygens (including phenoxy) is 1. The first-order valence-corrected chi connectivity index (χ1v) is 7.18. The van der Waals surface area contributed by atoms with Gasteiger partial charge in [0.2, 0.25) is 5.91 Å². The molecule has 0 aromatic heterocycles. The fraction of sp³-hybridized carbons (Fsp3) is 0.733. The molecule has 0 aromatic rings. The highest BCUT2D eigenvalue weighted by Gasteiger charge is 2.75. The topological polar surface area (TPSA) is 55.4 Å². The van der Waals surface area contributed by atoms with Crippen LogP contribution in [0.1, 0.15) is 39.5 Å². The van der Waals surface area contributed by atoms with E-state index in [2.05, 4.69) is 12.2 Å². The fourth-order valence-electron chi connectivity index (χ4n) is 4.94. The lowest BCUT2D eigenvalue weighted by Crippen LogP contribution is -2.60. The Morgan fingerprint density at radius 2 is 2.26 bits per heavy atom. The summed E-state index contributed by atoms with van der Waals surface area (Å²) in [7, 11) is 0. The van der Waals surface area contributed by atoms with E-state index in [9.17, 15) is 9.59 Å². The van der Waals surface area contributed by atoms with Crippen molar-refractivity contribution in [1.29, 1.82) is 0 Å². The maximum atomic E-state index is 12.4. The first-order valence-electron chi connectivity index (χ1n) is 7.18. The summed E-state index contributed by atoms with van der Waals surface area (Å²) in [6, 6.07) is 0.00537. The number of nitrogens with one attached hydrogen (secondary N) is 1. The summed E-state index contributed by atoms with van der Waals surface area (Å²) in [5, 5.41) is 2.96. The van der Waals surface area contributed by atoms with E-state index in [1.54, 1.807) is 0 Å². The van der Waals surface area contributed by atoms with Crippen LogP contribution in [0.15, 0.2) is 11.6 Å². The molecule has 0 spiro atoms. The molecule has 102 valence electrons. The molecule has 19 heavy (non-hydrogen) atoms. The van der Waals surface area contributed by atoms with E-state index in [0.29, 0.717) is 11.8 Å². The summed E-state index contributed by atoms with van der Waals surface area (Å²) in [5.74, 6) is 0.810. The minimum atomic E-state index is -0.313. The van der Waals surface area contributed by atoms with E-state index in [-0.39, 0.29) is 28.9 Å². The second-order valence-electron chi connectivity index (χ2n) is 6.90. The highest BCUT2D eigenvalue weighted by atomic mass is 16.6. The van der Waals surface area contributed by atoms with Crippen molar-refractivity contribution in [2.45, 2.75) is 51.2 Å². The number of esters is 1. The normalized spacial score (nSPS) is 50.4. The van der Waals surface area contributed by atoms with E-state index >= 15 is 0 Å². The van der Waals surface area contributed by atoms with Gasteiger partial charge in [-0.25, -0.2) is 0 Å². The average Bonchev–Trinajstić information content (AvgIpc) is 2.67. The maximum absolute atomic E-state index is 12.4. The Kier molecular flexibility index (Phi) is 1.95. The largest absolute Gasteiger partial charge is 0.459 e. The smallest absolute Gasteiger partial charge is 0.313 e. The van der Waals surface area contributed by atoms with Crippen LogP contribution >= 0.6 is 0 Å². The number of carbonyl (C=O) groups is 2. The molecule has 5 aliphatic rings. The zero-order valence-electron chi connectivity index (χ0n) is 11.4. The Morgan fingerprint density at radius 3 is 2.89 bits per heavy atom. The number of amides is 1. The SMILES string of the molecule is CC1=C[C@@H](C[C@]23C(=O)O[C@]4(C)CC[C@H]2C[C@H]34)NC1=O. The molecule has 1 amide bonds. The molecule has 0 radical (unpaired) electrons. The van der Waals surface area contributed by atoms with Gasteiger partial charge < -0.3 is 10.1 Å². The predicted octanol–water partition coefficient (Wildman–Crippen LogP) is 1.55. The van der Waals surface area contributed by atoms with Gasteiger partial charge in [-0.15, -0.1) is 0 Å². The predicted molar refractivity (Wildman–Crippen MR) is 68.1 cm³/mol. The van der Waals surface area contributed by atoms with Crippen LogP contribution in [0.4, 0.5) is 0 Å². The molecule has 4 heteroatoms. The molecule has 2 heterocycles. The number of hydrogen-bond acceptors (Lipinski definition) is 3. The standard InChI is InChI=1S/C15H19NO3/c1-8-5-10(16-12(8)17)7-15-9-3-4-14(2,11(15)6-9)19-13(15)18/h5,9-11H,3-4,6-7H2,1-2H3,(H,16,17)/t9-,10-,11-,14+,15-/m0/s1. The van der Waals surface area contributed by atoms with Gasteiger partial charge in [-0.05, 0) is 45.4 Å². The van der Waals surface area contributed by atoms with Crippen LogP contribution in [0, 0.1) is 17.3 Å². The van der Waals surface area contributed by atoms with Gasteiger partial charge in [0.25, 0.3) is 0 Å². The van der Waals surface area contributed by atoms with Crippen molar-refractivity contribution in [3.8, 4) is 0 Å². The van der Waals surface area contributed by atoms with Gasteiger partial charge in [-0.1, -0.05) is 6.08 Å². The Labute approximate surface area is 112 Å². The molecule has 5 atom stereocenters. The monoisotopic (exact) mass is 261 g/mol. The van der Waals surface area contributed by atoms with Crippen molar-refractivity contribution in [1.82, 2.24) is 5.32 Å². The second kappa shape index (κ2) is 3.22. The Hall–Kier alpha value is -1.32. The third-order valence-corrected chi connectivity index (χ3v) is 5.99. The third kappa shape index (κ3) is 1.20. The second-order valence-corrected chi connectivity index (χ2v) is 6.90. The zero-order chi connectivity index (χ0) is 13.4. The van der Waals surface area contributed by atoms with Gasteiger partial charge in [0, 0.05) is 17.5 Å². The van der Waals surface area contributed by atoms with Gasteiger partial charge in [-0.3, -0.25) is 9.59 Å². The van der Waals surface area contributed by atoms with Crippen molar-refractivity contribution in [3.63, 3.8) is 0 Å². The summed E-state index contributed by atoms with van der Waals surface area (Å²) in [4.78, 5) is 24.0. The van der Waals surface area contributed by atoms with E-state index in [1.807, 2.05) is 13.0 Å². The molecule has 0 unspecified atom stereocenters. The molecule has 1 saturated heterocycles. The molecular weight excluding hydrogens is 242 g/mol. The van der Waals surface area contributed by atoms with Crippen LogP contribution in [0.3, 0.4) is 0 Å². The minimum Gasteiger partial charge on any atom is -0.459 e. The number of carbonyl (C=O) groups excluding carboxylic acids is 2. The summed E-state index contributed by atoms with van der Waals surface area (Å²) in [5.41, 5.74) is 0.208.